The van der Waals surface area contributed by atoms with Crippen LogP contribution >= 0.6 is 39.9 Å². The highest BCUT2D eigenvalue weighted by molar-refractivity contribution is 14.0. The molecule has 3 N–H and O–H groups in total. The maximum atomic E-state index is 5.91. The maximum absolute atomic E-state index is 5.91. The largest absolute Gasteiger partial charge is 0.497 e. The molecule has 1 aromatic carbocycles. The molecule has 0 aliphatic carbocycles. The number of pyridine rings is 1. The second-order valence-corrected chi connectivity index (χ2v) is 5.82. The van der Waals surface area contributed by atoms with Crippen LogP contribution in [0.1, 0.15) is 5.69 Å². The van der Waals surface area contributed by atoms with Gasteiger partial charge in [0.2, 0.25) is 0 Å². The summed E-state index contributed by atoms with van der Waals surface area (Å²) >= 11 is 3.44. The fourth-order valence-corrected chi connectivity index (χ4v) is 2.47. The van der Waals surface area contributed by atoms with Crippen LogP contribution in [0.3, 0.4) is 0 Å². The van der Waals surface area contributed by atoms with Gasteiger partial charge in [0.05, 0.1) is 19.3 Å². The number of anilines is 1. The normalized spacial score (nSPS) is 11.2. The van der Waals surface area contributed by atoms with E-state index in [0.717, 1.165) is 27.3 Å². The summed E-state index contributed by atoms with van der Waals surface area (Å²) in [4.78, 5) is 8.81. The van der Waals surface area contributed by atoms with E-state index in [-0.39, 0.29) is 24.0 Å². The standard InChI is InChI=1S/C16H16BrN5O.HI/c1-23-14-5-3-12(4-6-14)21-16(18)19-8-13-10-22-9-11(17)2-7-15(22)20-13;/h2-7,9-10H,8H2,1H3,(H3,18,19,21);1H. The quantitative estimate of drug-likeness (QED) is 0.325. The van der Waals surface area contributed by atoms with Crippen LogP contribution in [0.5, 0.6) is 5.75 Å². The zero-order valence-electron chi connectivity index (χ0n) is 12.9. The number of nitrogens with one attached hydrogen (secondary N) is 1. The first-order valence-electron chi connectivity index (χ1n) is 6.98. The Morgan fingerprint density at radius 3 is 2.71 bits per heavy atom. The molecular formula is C16H17BrIN5O. The van der Waals surface area contributed by atoms with Crippen LogP contribution in [0.4, 0.5) is 5.69 Å². The number of guanidine groups is 1. The van der Waals surface area contributed by atoms with Crippen LogP contribution in [0.15, 0.2) is 58.3 Å². The van der Waals surface area contributed by atoms with Gasteiger partial charge in [0, 0.05) is 22.6 Å². The molecule has 0 spiro atoms. The average molecular weight is 502 g/mol. The van der Waals surface area contributed by atoms with E-state index in [1.165, 1.54) is 0 Å². The molecule has 0 amide bonds. The second-order valence-electron chi connectivity index (χ2n) is 4.90. The van der Waals surface area contributed by atoms with Crippen molar-refractivity contribution in [3.63, 3.8) is 0 Å². The minimum Gasteiger partial charge on any atom is -0.497 e. The van der Waals surface area contributed by atoms with Crippen molar-refractivity contribution in [2.45, 2.75) is 6.54 Å². The predicted molar refractivity (Wildman–Crippen MR) is 110 cm³/mol. The molecule has 6 nitrogen and oxygen atoms in total. The van der Waals surface area contributed by atoms with Gasteiger partial charge in [-0.3, -0.25) is 0 Å². The molecule has 0 atom stereocenters. The van der Waals surface area contributed by atoms with E-state index >= 15 is 0 Å². The highest BCUT2D eigenvalue weighted by Gasteiger charge is 2.02. The van der Waals surface area contributed by atoms with Gasteiger partial charge in [-0.2, -0.15) is 0 Å². The van der Waals surface area contributed by atoms with Crippen molar-refractivity contribution in [2.75, 3.05) is 12.4 Å². The third-order valence-corrected chi connectivity index (χ3v) is 3.71. The molecule has 2 aromatic heterocycles. The number of halogens is 2. The van der Waals surface area contributed by atoms with Crippen molar-refractivity contribution >= 4 is 57.2 Å². The van der Waals surface area contributed by atoms with Gasteiger partial charge >= 0.3 is 0 Å². The van der Waals surface area contributed by atoms with E-state index in [0.29, 0.717) is 12.5 Å². The minimum absolute atomic E-state index is 0. The van der Waals surface area contributed by atoms with Crippen molar-refractivity contribution in [1.29, 1.82) is 0 Å². The Morgan fingerprint density at radius 1 is 1.25 bits per heavy atom. The number of hydrogen-bond donors (Lipinski definition) is 2. The van der Waals surface area contributed by atoms with Crippen LogP contribution < -0.4 is 15.8 Å². The first-order chi connectivity index (χ1) is 11.1. The fraction of sp³-hybridized carbons (Fsp3) is 0.125. The third-order valence-electron chi connectivity index (χ3n) is 3.24. The average Bonchev–Trinajstić information content (AvgIpc) is 2.95. The number of imidazole rings is 1. The van der Waals surface area contributed by atoms with Crippen molar-refractivity contribution in [3.05, 3.63) is 59.0 Å². The molecule has 3 aromatic rings. The fourth-order valence-electron chi connectivity index (χ4n) is 2.12. The lowest BCUT2D eigenvalue weighted by atomic mass is 10.3. The second kappa shape index (κ2) is 8.34. The third kappa shape index (κ3) is 4.60. The Labute approximate surface area is 165 Å². The molecule has 0 saturated carbocycles. The number of aromatic nitrogens is 2. The Hall–Kier alpha value is -1.81. The summed E-state index contributed by atoms with van der Waals surface area (Å²) in [6.07, 6.45) is 3.89. The summed E-state index contributed by atoms with van der Waals surface area (Å²) in [5, 5.41) is 3.04. The lowest BCUT2D eigenvalue weighted by Crippen LogP contribution is -2.22. The molecule has 0 unspecified atom stereocenters. The van der Waals surface area contributed by atoms with Crippen LogP contribution in [-0.4, -0.2) is 22.5 Å². The van der Waals surface area contributed by atoms with Gasteiger partial charge in [0.1, 0.15) is 11.4 Å². The number of ether oxygens (including phenoxy) is 1. The number of nitrogens with two attached hydrogens (primary N) is 1. The molecule has 0 bridgehead atoms. The molecule has 0 saturated heterocycles. The van der Waals surface area contributed by atoms with Crippen LogP contribution in [0.2, 0.25) is 0 Å². The molecule has 24 heavy (non-hydrogen) atoms. The molecule has 0 fully saturated rings. The highest BCUT2D eigenvalue weighted by atomic mass is 127. The van der Waals surface area contributed by atoms with Gasteiger partial charge in [-0.15, -0.1) is 24.0 Å². The zero-order chi connectivity index (χ0) is 16.2. The first kappa shape index (κ1) is 18.5. The van der Waals surface area contributed by atoms with Crippen LogP contribution in [0, 0.1) is 0 Å². The van der Waals surface area contributed by atoms with Gasteiger partial charge in [-0.1, -0.05) is 0 Å². The van der Waals surface area contributed by atoms with Gasteiger partial charge in [-0.25, -0.2) is 9.98 Å². The van der Waals surface area contributed by atoms with E-state index in [1.807, 2.05) is 53.2 Å². The number of aliphatic imine (C=N–C) groups is 1. The summed E-state index contributed by atoms with van der Waals surface area (Å²) in [5.41, 5.74) is 8.49. The van der Waals surface area contributed by atoms with Gasteiger partial charge in [-0.05, 0) is 52.3 Å². The molecule has 2 heterocycles. The number of methoxy groups -OCH3 is 1. The molecular weight excluding hydrogens is 485 g/mol. The Kier molecular flexibility index (Phi) is 6.44. The van der Waals surface area contributed by atoms with E-state index in [1.54, 1.807) is 7.11 Å². The molecule has 0 radical (unpaired) electrons. The van der Waals surface area contributed by atoms with E-state index in [2.05, 4.69) is 31.2 Å². The van der Waals surface area contributed by atoms with Crippen LogP contribution in [0.25, 0.3) is 5.65 Å². The number of benzene rings is 1. The predicted octanol–water partition coefficient (Wildman–Crippen LogP) is 3.65. The van der Waals surface area contributed by atoms with Crippen LogP contribution in [-0.2, 0) is 6.54 Å². The number of fused-ring (bicyclic) bond motifs is 1. The van der Waals surface area contributed by atoms with E-state index < -0.39 is 0 Å². The Balaban J connectivity index is 0.00000208. The monoisotopic (exact) mass is 501 g/mol. The lowest BCUT2D eigenvalue weighted by molar-refractivity contribution is 0.415. The number of hydrogen-bond acceptors (Lipinski definition) is 3. The topological polar surface area (TPSA) is 76.9 Å². The van der Waals surface area contributed by atoms with Gasteiger partial charge < -0.3 is 20.2 Å². The molecule has 126 valence electrons. The summed E-state index contributed by atoms with van der Waals surface area (Å²) in [6, 6.07) is 11.4. The van der Waals surface area contributed by atoms with Crippen molar-refractivity contribution < 1.29 is 4.74 Å². The summed E-state index contributed by atoms with van der Waals surface area (Å²) in [6.45, 7) is 0.411. The Bertz CT molecular complexity index is 847. The summed E-state index contributed by atoms with van der Waals surface area (Å²) < 4.78 is 8.06. The number of nitrogens with zero attached hydrogens (tertiary/aromatic N) is 3. The minimum atomic E-state index is 0. The van der Waals surface area contributed by atoms with Gasteiger partial charge in [0.25, 0.3) is 0 Å². The van der Waals surface area contributed by atoms with E-state index in [4.69, 9.17) is 10.5 Å². The van der Waals surface area contributed by atoms with E-state index in [9.17, 15) is 0 Å². The Morgan fingerprint density at radius 2 is 2.00 bits per heavy atom. The first-order valence-corrected chi connectivity index (χ1v) is 7.77. The van der Waals surface area contributed by atoms with Crippen molar-refractivity contribution in [3.8, 4) is 5.75 Å². The molecule has 8 heteroatoms. The SMILES string of the molecule is COc1ccc(NC(N)=NCc2cn3cc(Br)ccc3n2)cc1.I. The summed E-state index contributed by atoms with van der Waals surface area (Å²) in [5.74, 6) is 1.13. The number of rotatable bonds is 4. The van der Waals surface area contributed by atoms with Gasteiger partial charge in [0.15, 0.2) is 5.96 Å². The maximum Gasteiger partial charge on any atom is 0.193 e. The molecule has 0 aliphatic heterocycles. The smallest absolute Gasteiger partial charge is 0.193 e. The van der Waals surface area contributed by atoms with Crippen molar-refractivity contribution in [1.82, 2.24) is 9.38 Å². The molecule has 3 rings (SSSR count). The van der Waals surface area contributed by atoms with Crippen molar-refractivity contribution in [2.24, 2.45) is 10.7 Å². The zero-order valence-corrected chi connectivity index (χ0v) is 16.9. The molecule has 0 aliphatic rings. The highest BCUT2D eigenvalue weighted by Crippen LogP contribution is 2.15. The summed E-state index contributed by atoms with van der Waals surface area (Å²) in [7, 11) is 1.63. The lowest BCUT2D eigenvalue weighted by Gasteiger charge is -2.06.